The topological polar surface area (TPSA) is 80.1 Å². The molecule has 4 rings (SSSR count). The first-order valence-corrected chi connectivity index (χ1v) is 11.5. The maximum atomic E-state index is 13.6. The summed E-state index contributed by atoms with van der Waals surface area (Å²) in [7, 11) is 1.79. The highest BCUT2D eigenvalue weighted by atomic mass is 16.2. The SMILES string of the molecule is CC(C)NC(=O)[C@@]1(Cc2ccccc2-c2cccnc2)CCCN(C(=O)c2ccn(C)n2)C1. The lowest BCUT2D eigenvalue weighted by molar-refractivity contribution is -0.134. The van der Waals surface area contributed by atoms with Crippen LogP contribution in [-0.4, -0.2) is 50.6 Å². The van der Waals surface area contributed by atoms with Crippen molar-refractivity contribution in [1.29, 1.82) is 0 Å². The molecular weight excluding hydrogens is 414 g/mol. The molecule has 0 spiro atoms. The molecule has 33 heavy (non-hydrogen) atoms. The van der Waals surface area contributed by atoms with Gasteiger partial charge in [-0.15, -0.1) is 0 Å². The van der Waals surface area contributed by atoms with Gasteiger partial charge < -0.3 is 10.2 Å². The number of carbonyl (C=O) groups is 2. The van der Waals surface area contributed by atoms with Gasteiger partial charge in [-0.1, -0.05) is 30.3 Å². The van der Waals surface area contributed by atoms with Crippen molar-refractivity contribution in [1.82, 2.24) is 25.0 Å². The van der Waals surface area contributed by atoms with Crippen LogP contribution in [0, 0.1) is 5.41 Å². The Morgan fingerprint density at radius 1 is 1.15 bits per heavy atom. The lowest BCUT2D eigenvalue weighted by atomic mass is 9.73. The Labute approximate surface area is 194 Å². The second-order valence-electron chi connectivity index (χ2n) is 9.19. The minimum Gasteiger partial charge on any atom is -0.353 e. The van der Waals surface area contributed by atoms with E-state index < -0.39 is 5.41 Å². The molecule has 0 aliphatic carbocycles. The number of amides is 2. The molecule has 1 atom stereocenters. The first kappa shape index (κ1) is 22.7. The Morgan fingerprint density at radius 2 is 1.97 bits per heavy atom. The van der Waals surface area contributed by atoms with Gasteiger partial charge in [-0.3, -0.25) is 19.3 Å². The molecule has 1 aromatic carbocycles. The molecule has 0 radical (unpaired) electrons. The molecule has 1 fully saturated rings. The average molecular weight is 446 g/mol. The molecule has 172 valence electrons. The Morgan fingerprint density at radius 3 is 2.67 bits per heavy atom. The smallest absolute Gasteiger partial charge is 0.274 e. The van der Waals surface area contributed by atoms with Gasteiger partial charge in [-0.05, 0) is 56.4 Å². The van der Waals surface area contributed by atoms with E-state index >= 15 is 0 Å². The Kier molecular flexibility index (Phi) is 6.58. The van der Waals surface area contributed by atoms with Gasteiger partial charge in [0.05, 0.1) is 5.41 Å². The molecule has 0 unspecified atom stereocenters. The first-order valence-electron chi connectivity index (χ1n) is 11.5. The van der Waals surface area contributed by atoms with Crippen molar-refractivity contribution in [3.63, 3.8) is 0 Å². The standard InChI is InChI=1S/C26H31N5O2/c1-19(2)28-25(33)26(12-7-14-31(18-26)24(32)23-11-15-30(3)29-23)16-20-8-4-5-10-22(20)21-9-6-13-27-17-21/h4-6,8-11,13,15,17,19H,7,12,14,16,18H2,1-3H3,(H,28,33)/t26-/m1/s1. The van der Waals surface area contributed by atoms with Gasteiger partial charge in [0, 0.05) is 50.3 Å². The van der Waals surface area contributed by atoms with Gasteiger partial charge in [-0.25, -0.2) is 0 Å². The zero-order valence-corrected chi connectivity index (χ0v) is 19.5. The number of carbonyl (C=O) groups excluding carboxylic acids is 2. The monoisotopic (exact) mass is 445 g/mol. The molecule has 2 aromatic heterocycles. The summed E-state index contributed by atoms with van der Waals surface area (Å²) in [5, 5.41) is 7.41. The van der Waals surface area contributed by atoms with Crippen LogP contribution in [0.2, 0.25) is 0 Å². The third-order valence-electron chi connectivity index (χ3n) is 6.22. The summed E-state index contributed by atoms with van der Waals surface area (Å²) in [6.07, 6.45) is 7.39. The van der Waals surface area contributed by atoms with E-state index in [1.165, 1.54) is 0 Å². The molecule has 2 amide bonds. The van der Waals surface area contributed by atoms with Crippen molar-refractivity contribution >= 4 is 11.8 Å². The number of nitrogens with zero attached hydrogens (tertiary/aromatic N) is 4. The van der Waals surface area contributed by atoms with Crippen LogP contribution in [0.3, 0.4) is 0 Å². The number of pyridine rings is 1. The fourth-order valence-electron chi connectivity index (χ4n) is 4.66. The number of benzene rings is 1. The Hall–Kier alpha value is -3.48. The summed E-state index contributed by atoms with van der Waals surface area (Å²) in [4.78, 5) is 32.9. The van der Waals surface area contributed by atoms with Crippen molar-refractivity contribution in [3.8, 4) is 11.1 Å². The van der Waals surface area contributed by atoms with E-state index in [1.54, 1.807) is 35.1 Å². The highest BCUT2D eigenvalue weighted by Crippen LogP contribution is 2.37. The molecule has 3 heterocycles. The van der Waals surface area contributed by atoms with Gasteiger partial charge in [0.15, 0.2) is 0 Å². The van der Waals surface area contributed by atoms with Gasteiger partial charge >= 0.3 is 0 Å². The number of hydrogen-bond acceptors (Lipinski definition) is 4. The van der Waals surface area contributed by atoms with E-state index in [9.17, 15) is 9.59 Å². The maximum absolute atomic E-state index is 13.6. The molecule has 7 heteroatoms. The van der Waals surface area contributed by atoms with Crippen LogP contribution >= 0.6 is 0 Å². The van der Waals surface area contributed by atoms with Crippen molar-refractivity contribution in [2.75, 3.05) is 13.1 Å². The number of rotatable bonds is 6. The lowest BCUT2D eigenvalue weighted by Crippen LogP contribution is -2.55. The van der Waals surface area contributed by atoms with Gasteiger partial charge in [-0.2, -0.15) is 5.10 Å². The lowest BCUT2D eigenvalue weighted by Gasteiger charge is -2.42. The molecule has 3 aromatic rings. The van der Waals surface area contributed by atoms with Crippen molar-refractivity contribution in [2.24, 2.45) is 12.5 Å². The van der Waals surface area contributed by atoms with Crippen molar-refractivity contribution in [2.45, 2.75) is 39.2 Å². The predicted molar refractivity (Wildman–Crippen MR) is 127 cm³/mol. The van der Waals surface area contributed by atoms with Crippen LogP contribution < -0.4 is 5.32 Å². The van der Waals surface area contributed by atoms with Gasteiger partial charge in [0.1, 0.15) is 5.69 Å². The summed E-state index contributed by atoms with van der Waals surface area (Å²) in [5.41, 5.74) is 2.86. The summed E-state index contributed by atoms with van der Waals surface area (Å²) in [6, 6.07) is 13.8. The number of piperidine rings is 1. The number of nitrogens with one attached hydrogen (secondary N) is 1. The Balaban J connectivity index is 1.69. The normalized spacial score (nSPS) is 18.4. The third-order valence-corrected chi connectivity index (χ3v) is 6.22. The largest absolute Gasteiger partial charge is 0.353 e. The quantitative estimate of drug-likeness (QED) is 0.630. The van der Waals surface area contributed by atoms with E-state index in [1.807, 2.05) is 44.3 Å². The van der Waals surface area contributed by atoms with Gasteiger partial charge in [0.2, 0.25) is 5.91 Å². The van der Waals surface area contributed by atoms with Crippen LogP contribution in [0.4, 0.5) is 0 Å². The second-order valence-corrected chi connectivity index (χ2v) is 9.19. The Bertz CT molecular complexity index is 1120. The van der Waals surface area contributed by atoms with E-state index in [2.05, 4.69) is 27.5 Å². The number of hydrogen-bond donors (Lipinski definition) is 1. The molecule has 0 saturated carbocycles. The van der Waals surface area contributed by atoms with E-state index in [-0.39, 0.29) is 17.9 Å². The van der Waals surface area contributed by atoms with Crippen molar-refractivity contribution < 1.29 is 9.59 Å². The molecule has 1 aliphatic rings. The highest BCUT2D eigenvalue weighted by Gasteiger charge is 2.44. The molecule has 7 nitrogen and oxygen atoms in total. The summed E-state index contributed by atoms with van der Waals surface area (Å²) < 4.78 is 1.63. The van der Waals surface area contributed by atoms with E-state index in [0.717, 1.165) is 29.5 Å². The van der Waals surface area contributed by atoms with E-state index in [0.29, 0.717) is 25.2 Å². The van der Waals surface area contributed by atoms with Gasteiger partial charge in [0.25, 0.3) is 5.91 Å². The van der Waals surface area contributed by atoms with Crippen LogP contribution in [0.25, 0.3) is 11.1 Å². The second kappa shape index (κ2) is 9.57. The zero-order valence-electron chi connectivity index (χ0n) is 19.5. The molecule has 1 aliphatic heterocycles. The summed E-state index contributed by atoms with van der Waals surface area (Å²) in [6.45, 7) is 4.92. The average Bonchev–Trinajstić information content (AvgIpc) is 3.25. The number of aryl methyl sites for hydroxylation is 1. The predicted octanol–water partition coefficient (Wildman–Crippen LogP) is 3.47. The molecule has 1 saturated heterocycles. The summed E-state index contributed by atoms with van der Waals surface area (Å²) in [5.74, 6) is -0.130. The van der Waals surface area contributed by atoms with Crippen molar-refractivity contribution in [3.05, 3.63) is 72.3 Å². The minimum atomic E-state index is -0.717. The molecular formula is C26H31N5O2. The minimum absolute atomic E-state index is 0.00277. The third kappa shape index (κ3) is 4.97. The summed E-state index contributed by atoms with van der Waals surface area (Å²) >= 11 is 0. The van der Waals surface area contributed by atoms with Crippen LogP contribution in [0.15, 0.2) is 61.1 Å². The van der Waals surface area contributed by atoms with Crippen LogP contribution in [0.1, 0.15) is 42.7 Å². The van der Waals surface area contributed by atoms with Crippen LogP contribution in [-0.2, 0) is 18.3 Å². The van der Waals surface area contributed by atoms with Crippen LogP contribution in [0.5, 0.6) is 0 Å². The molecule has 1 N–H and O–H groups in total. The number of aromatic nitrogens is 3. The fraction of sp³-hybridized carbons (Fsp3) is 0.385. The highest BCUT2D eigenvalue weighted by molar-refractivity contribution is 5.93. The number of likely N-dealkylation sites (tertiary alicyclic amines) is 1. The fourth-order valence-corrected chi connectivity index (χ4v) is 4.66. The first-order chi connectivity index (χ1) is 15.9. The zero-order chi connectivity index (χ0) is 23.4. The molecule has 0 bridgehead atoms. The maximum Gasteiger partial charge on any atom is 0.274 e. The van der Waals surface area contributed by atoms with E-state index in [4.69, 9.17) is 0 Å².